The lowest BCUT2D eigenvalue weighted by Crippen LogP contribution is -2.27. The van der Waals surface area contributed by atoms with E-state index in [4.69, 9.17) is 0 Å². The van der Waals surface area contributed by atoms with Crippen molar-refractivity contribution in [3.63, 3.8) is 0 Å². The van der Waals surface area contributed by atoms with Gasteiger partial charge in [-0.3, -0.25) is 0 Å². The summed E-state index contributed by atoms with van der Waals surface area (Å²) >= 11 is 3.58. The van der Waals surface area contributed by atoms with Gasteiger partial charge in [0.05, 0.1) is 0 Å². The molecule has 0 bridgehead atoms. The zero-order chi connectivity index (χ0) is 11.8. The van der Waals surface area contributed by atoms with Crippen molar-refractivity contribution in [1.29, 1.82) is 0 Å². The molecule has 2 heteroatoms. The fraction of sp³-hybridized carbons (Fsp3) is 0.571. The third-order valence-electron chi connectivity index (χ3n) is 2.94. The second kappa shape index (κ2) is 7.86. The molecule has 0 spiro atoms. The van der Waals surface area contributed by atoms with E-state index in [1.54, 1.807) is 0 Å². The number of rotatable bonds is 7. The highest BCUT2D eigenvalue weighted by Crippen LogP contribution is 2.16. The van der Waals surface area contributed by atoms with Gasteiger partial charge in [0.1, 0.15) is 0 Å². The molecule has 0 saturated carbocycles. The lowest BCUT2D eigenvalue weighted by Gasteiger charge is -2.17. The minimum Gasteiger partial charge on any atom is -0.310 e. The lowest BCUT2D eigenvalue weighted by atomic mass is 10.1. The fourth-order valence-corrected chi connectivity index (χ4v) is 2.22. The number of hydrogen-bond acceptors (Lipinski definition) is 1. The first-order valence-electron chi connectivity index (χ1n) is 6.24. The van der Waals surface area contributed by atoms with Crippen LogP contribution in [0.25, 0.3) is 0 Å². The Morgan fingerprint density at radius 2 is 2.00 bits per heavy atom. The van der Waals surface area contributed by atoms with Crippen LogP contribution in [-0.4, -0.2) is 6.04 Å². The molecule has 90 valence electrons. The van der Waals surface area contributed by atoms with E-state index < -0.39 is 0 Å². The summed E-state index contributed by atoms with van der Waals surface area (Å²) in [6.07, 6.45) is 5.11. The van der Waals surface area contributed by atoms with Gasteiger partial charge in [0.15, 0.2) is 0 Å². The van der Waals surface area contributed by atoms with E-state index in [0.717, 1.165) is 6.54 Å². The summed E-state index contributed by atoms with van der Waals surface area (Å²) < 4.78 is 1.20. The molecule has 0 aliphatic rings. The fourth-order valence-electron chi connectivity index (χ4n) is 1.80. The van der Waals surface area contributed by atoms with Gasteiger partial charge in [-0.15, -0.1) is 0 Å². The maximum Gasteiger partial charge on any atom is 0.0220 e. The molecule has 1 nitrogen and oxygen atoms in total. The maximum absolute atomic E-state index is 3.63. The SMILES string of the molecule is CCCCC(CC)NCc1ccccc1Br. The van der Waals surface area contributed by atoms with Crippen LogP contribution >= 0.6 is 15.9 Å². The summed E-state index contributed by atoms with van der Waals surface area (Å²) in [5, 5.41) is 3.63. The van der Waals surface area contributed by atoms with Gasteiger partial charge in [0.25, 0.3) is 0 Å². The Morgan fingerprint density at radius 3 is 2.62 bits per heavy atom. The van der Waals surface area contributed by atoms with Crippen molar-refractivity contribution < 1.29 is 0 Å². The Morgan fingerprint density at radius 1 is 1.25 bits per heavy atom. The van der Waals surface area contributed by atoms with Gasteiger partial charge >= 0.3 is 0 Å². The van der Waals surface area contributed by atoms with Crippen LogP contribution in [0, 0.1) is 0 Å². The Labute approximate surface area is 108 Å². The molecule has 0 amide bonds. The van der Waals surface area contributed by atoms with Crippen molar-refractivity contribution in [1.82, 2.24) is 5.32 Å². The van der Waals surface area contributed by atoms with Gasteiger partial charge in [-0.1, -0.05) is 60.8 Å². The summed E-state index contributed by atoms with van der Waals surface area (Å²) in [6, 6.07) is 9.08. The summed E-state index contributed by atoms with van der Waals surface area (Å²) in [4.78, 5) is 0. The van der Waals surface area contributed by atoms with E-state index in [9.17, 15) is 0 Å². The minimum atomic E-state index is 0.659. The first-order valence-corrected chi connectivity index (χ1v) is 7.04. The van der Waals surface area contributed by atoms with Crippen LogP contribution in [0.4, 0.5) is 0 Å². The highest BCUT2D eigenvalue weighted by molar-refractivity contribution is 9.10. The average molecular weight is 284 g/mol. The van der Waals surface area contributed by atoms with Gasteiger partial charge in [-0.05, 0) is 24.5 Å². The molecule has 1 aromatic rings. The van der Waals surface area contributed by atoms with Crippen LogP contribution in [-0.2, 0) is 6.54 Å². The summed E-state index contributed by atoms with van der Waals surface area (Å²) in [5.41, 5.74) is 1.34. The van der Waals surface area contributed by atoms with Crippen LogP contribution in [0.3, 0.4) is 0 Å². The second-order valence-corrected chi connectivity index (χ2v) is 5.07. The van der Waals surface area contributed by atoms with Gasteiger partial charge in [0.2, 0.25) is 0 Å². The molecule has 1 atom stereocenters. The van der Waals surface area contributed by atoms with E-state index in [1.807, 2.05) is 0 Å². The topological polar surface area (TPSA) is 12.0 Å². The molecular formula is C14H22BrN. The van der Waals surface area contributed by atoms with Crippen molar-refractivity contribution in [2.75, 3.05) is 0 Å². The van der Waals surface area contributed by atoms with Crippen molar-refractivity contribution in [3.05, 3.63) is 34.3 Å². The van der Waals surface area contributed by atoms with E-state index in [2.05, 4.69) is 59.4 Å². The molecule has 0 fully saturated rings. The zero-order valence-electron chi connectivity index (χ0n) is 10.3. The van der Waals surface area contributed by atoms with Gasteiger partial charge in [-0.25, -0.2) is 0 Å². The largest absolute Gasteiger partial charge is 0.310 e. The smallest absolute Gasteiger partial charge is 0.0220 e. The highest BCUT2D eigenvalue weighted by Gasteiger charge is 2.05. The number of hydrogen-bond donors (Lipinski definition) is 1. The molecule has 0 aromatic heterocycles. The maximum atomic E-state index is 3.63. The summed E-state index contributed by atoms with van der Waals surface area (Å²) in [7, 11) is 0. The first kappa shape index (κ1) is 13.7. The van der Waals surface area contributed by atoms with Crippen LogP contribution < -0.4 is 5.32 Å². The Bertz CT molecular complexity index is 299. The minimum absolute atomic E-state index is 0.659. The number of unbranched alkanes of at least 4 members (excludes halogenated alkanes) is 1. The van der Waals surface area contributed by atoms with E-state index in [0.29, 0.717) is 6.04 Å². The Kier molecular flexibility index (Phi) is 6.74. The normalized spacial score (nSPS) is 12.7. The van der Waals surface area contributed by atoms with E-state index in [1.165, 1.54) is 35.7 Å². The Hall–Kier alpha value is -0.340. The van der Waals surface area contributed by atoms with Gasteiger partial charge < -0.3 is 5.32 Å². The molecule has 16 heavy (non-hydrogen) atoms. The molecule has 0 aliphatic carbocycles. The molecule has 0 heterocycles. The monoisotopic (exact) mass is 283 g/mol. The van der Waals surface area contributed by atoms with Crippen molar-refractivity contribution >= 4 is 15.9 Å². The molecule has 1 N–H and O–H groups in total. The van der Waals surface area contributed by atoms with Crippen LogP contribution in [0.1, 0.15) is 45.1 Å². The predicted molar refractivity (Wildman–Crippen MR) is 74.6 cm³/mol. The third-order valence-corrected chi connectivity index (χ3v) is 3.71. The van der Waals surface area contributed by atoms with E-state index in [-0.39, 0.29) is 0 Å². The summed E-state index contributed by atoms with van der Waals surface area (Å²) in [6.45, 7) is 5.47. The molecule has 1 unspecified atom stereocenters. The molecule has 1 rings (SSSR count). The standard InChI is InChI=1S/C14H22BrN/c1-3-5-9-13(4-2)16-11-12-8-6-7-10-14(12)15/h6-8,10,13,16H,3-5,9,11H2,1-2H3. The molecule has 0 aliphatic heterocycles. The molecule has 1 aromatic carbocycles. The predicted octanol–water partition coefficient (Wildman–Crippen LogP) is 4.51. The van der Waals surface area contributed by atoms with E-state index >= 15 is 0 Å². The molecular weight excluding hydrogens is 262 g/mol. The van der Waals surface area contributed by atoms with Crippen LogP contribution in [0.5, 0.6) is 0 Å². The average Bonchev–Trinajstić information content (AvgIpc) is 2.31. The second-order valence-electron chi connectivity index (χ2n) is 4.22. The zero-order valence-corrected chi connectivity index (χ0v) is 11.9. The quantitative estimate of drug-likeness (QED) is 0.777. The highest BCUT2D eigenvalue weighted by atomic mass is 79.9. The van der Waals surface area contributed by atoms with Crippen molar-refractivity contribution in [3.8, 4) is 0 Å². The Balaban J connectivity index is 2.40. The molecule has 0 saturated heterocycles. The number of nitrogens with one attached hydrogen (secondary N) is 1. The third kappa shape index (κ3) is 4.67. The molecule has 0 radical (unpaired) electrons. The first-order chi connectivity index (χ1) is 7.77. The van der Waals surface area contributed by atoms with Crippen LogP contribution in [0.2, 0.25) is 0 Å². The van der Waals surface area contributed by atoms with Gasteiger partial charge in [0, 0.05) is 17.1 Å². The lowest BCUT2D eigenvalue weighted by molar-refractivity contribution is 0.451. The van der Waals surface area contributed by atoms with Crippen LogP contribution in [0.15, 0.2) is 28.7 Å². The van der Waals surface area contributed by atoms with Crippen molar-refractivity contribution in [2.45, 2.75) is 52.1 Å². The number of halogens is 1. The van der Waals surface area contributed by atoms with Crippen molar-refractivity contribution in [2.24, 2.45) is 0 Å². The van der Waals surface area contributed by atoms with Gasteiger partial charge in [-0.2, -0.15) is 0 Å². The summed E-state index contributed by atoms with van der Waals surface area (Å²) in [5.74, 6) is 0. The number of benzene rings is 1.